The van der Waals surface area contributed by atoms with E-state index in [0.29, 0.717) is 5.41 Å². The molecule has 0 radical (unpaired) electrons. The van der Waals surface area contributed by atoms with Gasteiger partial charge < -0.3 is 15.3 Å². The first-order valence-corrected chi connectivity index (χ1v) is 7.38. The molecule has 0 spiro atoms. The molecule has 0 aromatic carbocycles. The van der Waals surface area contributed by atoms with Gasteiger partial charge in [0.2, 0.25) is 0 Å². The van der Waals surface area contributed by atoms with Crippen LogP contribution in [0.5, 0.6) is 0 Å². The van der Waals surface area contributed by atoms with Gasteiger partial charge in [-0.1, -0.05) is 34.1 Å². The van der Waals surface area contributed by atoms with Crippen molar-refractivity contribution in [1.82, 2.24) is 10.2 Å². The van der Waals surface area contributed by atoms with E-state index in [9.17, 15) is 5.11 Å². The summed E-state index contributed by atoms with van der Waals surface area (Å²) in [6.07, 6.45) is 3.26. The minimum atomic E-state index is -0.143. The Kier molecular flexibility index (Phi) is 5.63. The molecular weight excluding hydrogens is 224 g/mol. The molecule has 0 aromatic heterocycles. The molecule has 1 fully saturated rings. The molecule has 1 rings (SSSR count). The van der Waals surface area contributed by atoms with E-state index in [-0.39, 0.29) is 11.5 Å². The summed E-state index contributed by atoms with van der Waals surface area (Å²) in [5.74, 6) is 0. The highest BCUT2D eigenvalue weighted by Crippen LogP contribution is 2.32. The van der Waals surface area contributed by atoms with E-state index in [0.717, 1.165) is 32.6 Å². The van der Waals surface area contributed by atoms with Gasteiger partial charge in [-0.05, 0) is 25.3 Å². The molecule has 0 amide bonds. The topological polar surface area (TPSA) is 35.5 Å². The molecule has 108 valence electrons. The molecule has 0 aromatic rings. The van der Waals surface area contributed by atoms with Gasteiger partial charge in [-0.15, -0.1) is 0 Å². The molecule has 18 heavy (non-hydrogen) atoms. The van der Waals surface area contributed by atoms with Crippen molar-refractivity contribution in [2.45, 2.75) is 53.1 Å². The van der Waals surface area contributed by atoms with E-state index in [1.165, 1.54) is 12.8 Å². The van der Waals surface area contributed by atoms with Crippen molar-refractivity contribution in [3.63, 3.8) is 0 Å². The normalized spacial score (nSPS) is 28.0. The van der Waals surface area contributed by atoms with Crippen LogP contribution in [0.2, 0.25) is 0 Å². The Labute approximate surface area is 113 Å². The maximum Gasteiger partial charge on any atom is 0.0615 e. The van der Waals surface area contributed by atoms with Crippen LogP contribution >= 0.6 is 0 Å². The predicted molar refractivity (Wildman–Crippen MR) is 77.8 cm³/mol. The zero-order valence-corrected chi connectivity index (χ0v) is 12.9. The zero-order chi connectivity index (χ0) is 13.8. The summed E-state index contributed by atoms with van der Waals surface area (Å²) in [7, 11) is 2.04. The third-order valence-corrected chi connectivity index (χ3v) is 4.31. The van der Waals surface area contributed by atoms with E-state index in [4.69, 9.17) is 0 Å². The van der Waals surface area contributed by atoms with Crippen molar-refractivity contribution < 1.29 is 5.11 Å². The molecule has 2 atom stereocenters. The standard InChI is InChI=1S/C15H32N2O/c1-6-8-15(4,10-16-5)12-17-9-7-13(18)14(2,3)11-17/h13,16,18H,6-12H2,1-5H3. The van der Waals surface area contributed by atoms with Crippen molar-refractivity contribution in [3.05, 3.63) is 0 Å². The fourth-order valence-corrected chi connectivity index (χ4v) is 3.38. The van der Waals surface area contributed by atoms with Crippen molar-refractivity contribution in [1.29, 1.82) is 0 Å². The summed E-state index contributed by atoms with van der Waals surface area (Å²) < 4.78 is 0. The largest absolute Gasteiger partial charge is 0.392 e. The Balaban J connectivity index is 2.59. The summed E-state index contributed by atoms with van der Waals surface area (Å²) in [5, 5.41) is 13.4. The monoisotopic (exact) mass is 256 g/mol. The maximum absolute atomic E-state index is 10.0. The number of hydrogen-bond acceptors (Lipinski definition) is 3. The van der Waals surface area contributed by atoms with Crippen LogP contribution in [0.3, 0.4) is 0 Å². The van der Waals surface area contributed by atoms with Gasteiger partial charge in [0.1, 0.15) is 0 Å². The zero-order valence-electron chi connectivity index (χ0n) is 12.9. The SMILES string of the molecule is CCCC(C)(CNC)CN1CCC(O)C(C)(C)C1. The van der Waals surface area contributed by atoms with Crippen LogP contribution in [0.25, 0.3) is 0 Å². The van der Waals surface area contributed by atoms with Crippen molar-refractivity contribution >= 4 is 0 Å². The van der Waals surface area contributed by atoms with Crippen molar-refractivity contribution in [3.8, 4) is 0 Å². The number of piperidine rings is 1. The van der Waals surface area contributed by atoms with Gasteiger partial charge in [0.05, 0.1) is 6.10 Å². The first-order chi connectivity index (χ1) is 8.33. The average molecular weight is 256 g/mol. The van der Waals surface area contributed by atoms with Gasteiger partial charge in [-0.25, -0.2) is 0 Å². The van der Waals surface area contributed by atoms with Crippen LogP contribution in [0.1, 0.15) is 47.0 Å². The lowest BCUT2D eigenvalue weighted by Gasteiger charge is -2.45. The molecular formula is C15H32N2O. The first kappa shape index (κ1) is 15.9. The quantitative estimate of drug-likeness (QED) is 0.764. The van der Waals surface area contributed by atoms with Crippen LogP contribution in [0.4, 0.5) is 0 Å². The molecule has 3 nitrogen and oxygen atoms in total. The highest BCUT2D eigenvalue weighted by atomic mass is 16.3. The lowest BCUT2D eigenvalue weighted by atomic mass is 9.79. The first-order valence-electron chi connectivity index (χ1n) is 7.38. The van der Waals surface area contributed by atoms with Gasteiger partial charge in [0.25, 0.3) is 0 Å². The fraction of sp³-hybridized carbons (Fsp3) is 1.00. The molecule has 0 aliphatic carbocycles. The maximum atomic E-state index is 10.0. The van der Waals surface area contributed by atoms with Crippen LogP contribution in [-0.4, -0.2) is 49.3 Å². The molecule has 2 unspecified atom stereocenters. The Hall–Kier alpha value is -0.120. The Morgan fingerprint density at radius 1 is 1.44 bits per heavy atom. The third-order valence-electron chi connectivity index (χ3n) is 4.31. The molecule has 1 saturated heterocycles. The highest BCUT2D eigenvalue weighted by molar-refractivity contribution is 4.90. The second-order valence-corrected chi connectivity index (χ2v) is 7.09. The molecule has 3 heteroatoms. The van der Waals surface area contributed by atoms with E-state index < -0.39 is 0 Å². The lowest BCUT2D eigenvalue weighted by Crippen LogP contribution is -2.52. The lowest BCUT2D eigenvalue weighted by molar-refractivity contribution is -0.0358. The Morgan fingerprint density at radius 3 is 2.61 bits per heavy atom. The van der Waals surface area contributed by atoms with Gasteiger partial charge in [-0.2, -0.15) is 0 Å². The van der Waals surface area contributed by atoms with E-state index in [1.807, 2.05) is 7.05 Å². The minimum Gasteiger partial charge on any atom is -0.392 e. The number of aliphatic hydroxyl groups is 1. The summed E-state index contributed by atoms with van der Waals surface area (Å²) in [5.41, 5.74) is 0.382. The van der Waals surface area contributed by atoms with Gasteiger partial charge >= 0.3 is 0 Å². The smallest absolute Gasteiger partial charge is 0.0615 e. The minimum absolute atomic E-state index is 0.0328. The van der Waals surface area contributed by atoms with Gasteiger partial charge in [-0.3, -0.25) is 0 Å². The summed E-state index contributed by atoms with van der Waals surface area (Å²) in [6.45, 7) is 13.3. The molecule has 1 aliphatic rings. The second kappa shape index (κ2) is 6.36. The van der Waals surface area contributed by atoms with Crippen LogP contribution in [0.15, 0.2) is 0 Å². The number of aliphatic hydroxyl groups excluding tert-OH is 1. The molecule has 1 heterocycles. The van der Waals surface area contributed by atoms with Crippen LogP contribution < -0.4 is 5.32 Å². The Morgan fingerprint density at radius 2 is 2.11 bits per heavy atom. The predicted octanol–water partition coefficient (Wildman–Crippen LogP) is 2.10. The average Bonchev–Trinajstić information content (AvgIpc) is 2.23. The highest BCUT2D eigenvalue weighted by Gasteiger charge is 2.36. The molecule has 0 bridgehead atoms. The van der Waals surface area contributed by atoms with Crippen molar-refractivity contribution in [2.24, 2.45) is 10.8 Å². The third kappa shape index (κ3) is 4.22. The summed E-state index contributed by atoms with van der Waals surface area (Å²) in [6, 6.07) is 0. The van der Waals surface area contributed by atoms with E-state index >= 15 is 0 Å². The van der Waals surface area contributed by atoms with Crippen LogP contribution in [-0.2, 0) is 0 Å². The summed E-state index contributed by atoms with van der Waals surface area (Å²) >= 11 is 0. The molecule has 1 aliphatic heterocycles. The number of nitrogens with one attached hydrogen (secondary N) is 1. The molecule has 2 N–H and O–H groups in total. The van der Waals surface area contributed by atoms with Crippen molar-refractivity contribution in [2.75, 3.05) is 33.2 Å². The second-order valence-electron chi connectivity index (χ2n) is 7.09. The molecule has 0 saturated carbocycles. The summed E-state index contributed by atoms with van der Waals surface area (Å²) in [4.78, 5) is 2.54. The fourth-order valence-electron chi connectivity index (χ4n) is 3.38. The Bertz CT molecular complexity index is 247. The van der Waals surface area contributed by atoms with Gasteiger partial charge in [0, 0.05) is 31.6 Å². The number of rotatable bonds is 6. The van der Waals surface area contributed by atoms with Gasteiger partial charge in [0.15, 0.2) is 0 Å². The van der Waals surface area contributed by atoms with Crippen LogP contribution in [0, 0.1) is 10.8 Å². The number of likely N-dealkylation sites (tertiary alicyclic amines) is 1. The number of nitrogens with zero attached hydrogens (tertiary/aromatic N) is 1. The number of hydrogen-bond donors (Lipinski definition) is 2. The van der Waals surface area contributed by atoms with E-state index in [1.54, 1.807) is 0 Å². The van der Waals surface area contributed by atoms with E-state index in [2.05, 4.69) is 37.9 Å².